The summed E-state index contributed by atoms with van der Waals surface area (Å²) < 4.78 is 0.861. The number of nitrogens with two attached hydrogens (primary N) is 1. The van der Waals surface area contributed by atoms with Crippen LogP contribution >= 0.6 is 15.9 Å². The fourth-order valence-corrected chi connectivity index (χ4v) is 1.93. The molecular formula is C10H14BrN3. The number of nitrogens with zero attached hydrogens (tertiary/aromatic N) is 2. The lowest BCUT2D eigenvalue weighted by Crippen LogP contribution is -2.05. The normalized spacial score (nSPS) is 15.9. The third-order valence-electron chi connectivity index (χ3n) is 2.49. The summed E-state index contributed by atoms with van der Waals surface area (Å²) in [5.41, 5.74) is 6.82. The Labute approximate surface area is 92.3 Å². The van der Waals surface area contributed by atoms with Crippen molar-refractivity contribution in [3.8, 4) is 0 Å². The average molecular weight is 256 g/mol. The van der Waals surface area contributed by atoms with Crippen LogP contribution in [-0.2, 0) is 12.8 Å². The SMILES string of the molecule is CCc1nc(CC2CC2)nc(N)c1Br. The standard InChI is InChI=1S/C10H14BrN3/c1-2-7-9(11)10(12)14-8(13-7)5-6-3-4-6/h6H,2-5H2,1H3,(H2,12,13,14). The number of hydrogen-bond acceptors (Lipinski definition) is 3. The van der Waals surface area contributed by atoms with Crippen LogP contribution in [0.3, 0.4) is 0 Å². The molecule has 0 bridgehead atoms. The van der Waals surface area contributed by atoms with Crippen LogP contribution in [0.5, 0.6) is 0 Å². The van der Waals surface area contributed by atoms with Crippen molar-refractivity contribution < 1.29 is 0 Å². The van der Waals surface area contributed by atoms with E-state index in [4.69, 9.17) is 5.73 Å². The smallest absolute Gasteiger partial charge is 0.141 e. The molecule has 0 spiro atoms. The van der Waals surface area contributed by atoms with Crippen molar-refractivity contribution in [1.29, 1.82) is 0 Å². The summed E-state index contributed by atoms with van der Waals surface area (Å²) in [6, 6.07) is 0. The van der Waals surface area contributed by atoms with Gasteiger partial charge in [-0.3, -0.25) is 0 Å². The lowest BCUT2D eigenvalue weighted by Gasteiger charge is -2.06. The zero-order valence-electron chi connectivity index (χ0n) is 8.26. The molecule has 1 fully saturated rings. The van der Waals surface area contributed by atoms with Gasteiger partial charge in [-0.1, -0.05) is 6.92 Å². The van der Waals surface area contributed by atoms with Gasteiger partial charge in [0.05, 0.1) is 10.2 Å². The quantitative estimate of drug-likeness (QED) is 0.903. The van der Waals surface area contributed by atoms with Crippen molar-refractivity contribution >= 4 is 21.7 Å². The van der Waals surface area contributed by atoms with Gasteiger partial charge in [-0.25, -0.2) is 9.97 Å². The molecule has 1 aromatic rings. The molecular weight excluding hydrogens is 242 g/mol. The Bertz CT molecular complexity index is 347. The van der Waals surface area contributed by atoms with Crippen LogP contribution in [0.25, 0.3) is 0 Å². The monoisotopic (exact) mass is 255 g/mol. The van der Waals surface area contributed by atoms with E-state index in [2.05, 4.69) is 32.8 Å². The summed E-state index contributed by atoms with van der Waals surface area (Å²) in [5, 5.41) is 0. The van der Waals surface area contributed by atoms with Gasteiger partial charge in [0.2, 0.25) is 0 Å². The maximum absolute atomic E-state index is 5.80. The Hall–Kier alpha value is -0.640. The summed E-state index contributed by atoms with van der Waals surface area (Å²) in [6.07, 6.45) is 4.52. The number of anilines is 1. The van der Waals surface area contributed by atoms with Gasteiger partial charge in [0.1, 0.15) is 11.6 Å². The number of aryl methyl sites for hydroxylation is 1. The minimum atomic E-state index is 0.576. The van der Waals surface area contributed by atoms with Crippen molar-refractivity contribution in [1.82, 2.24) is 9.97 Å². The molecule has 1 heterocycles. The molecule has 3 nitrogen and oxygen atoms in total. The van der Waals surface area contributed by atoms with Gasteiger partial charge < -0.3 is 5.73 Å². The van der Waals surface area contributed by atoms with Crippen molar-refractivity contribution in [3.63, 3.8) is 0 Å². The third-order valence-corrected chi connectivity index (χ3v) is 3.36. The molecule has 0 amide bonds. The van der Waals surface area contributed by atoms with Gasteiger partial charge in [-0.05, 0) is 41.1 Å². The van der Waals surface area contributed by atoms with E-state index in [9.17, 15) is 0 Å². The fraction of sp³-hybridized carbons (Fsp3) is 0.600. The van der Waals surface area contributed by atoms with Crippen LogP contribution in [0.4, 0.5) is 5.82 Å². The summed E-state index contributed by atoms with van der Waals surface area (Å²) in [4.78, 5) is 8.78. The Kier molecular flexibility index (Phi) is 2.72. The van der Waals surface area contributed by atoms with E-state index in [0.717, 1.165) is 34.8 Å². The van der Waals surface area contributed by atoms with E-state index < -0.39 is 0 Å². The van der Waals surface area contributed by atoms with Crippen LogP contribution in [0, 0.1) is 5.92 Å². The second kappa shape index (κ2) is 3.85. The maximum Gasteiger partial charge on any atom is 0.141 e. The molecule has 1 aromatic heterocycles. The second-order valence-corrected chi connectivity index (χ2v) is 4.58. The van der Waals surface area contributed by atoms with Crippen LogP contribution in [0.2, 0.25) is 0 Å². The number of aromatic nitrogens is 2. The topological polar surface area (TPSA) is 51.8 Å². The van der Waals surface area contributed by atoms with E-state index >= 15 is 0 Å². The first-order valence-corrected chi connectivity index (χ1v) is 5.80. The Morgan fingerprint density at radius 2 is 2.14 bits per heavy atom. The Morgan fingerprint density at radius 3 is 2.71 bits per heavy atom. The van der Waals surface area contributed by atoms with E-state index in [1.165, 1.54) is 12.8 Å². The molecule has 0 unspecified atom stereocenters. The van der Waals surface area contributed by atoms with Crippen LogP contribution in [-0.4, -0.2) is 9.97 Å². The molecule has 76 valence electrons. The lowest BCUT2D eigenvalue weighted by atomic mass is 10.2. The fourth-order valence-electron chi connectivity index (χ4n) is 1.47. The molecule has 0 radical (unpaired) electrons. The van der Waals surface area contributed by atoms with Gasteiger partial charge in [-0.15, -0.1) is 0 Å². The van der Waals surface area contributed by atoms with E-state index in [0.29, 0.717) is 5.82 Å². The van der Waals surface area contributed by atoms with Crippen LogP contribution < -0.4 is 5.73 Å². The van der Waals surface area contributed by atoms with Gasteiger partial charge >= 0.3 is 0 Å². The van der Waals surface area contributed by atoms with Crippen LogP contribution in [0.1, 0.15) is 31.3 Å². The molecule has 0 aliphatic heterocycles. The summed E-state index contributed by atoms with van der Waals surface area (Å²) in [6.45, 7) is 2.08. The molecule has 0 saturated heterocycles. The molecule has 1 aliphatic rings. The van der Waals surface area contributed by atoms with Crippen molar-refractivity contribution in [3.05, 3.63) is 16.0 Å². The molecule has 2 N–H and O–H groups in total. The van der Waals surface area contributed by atoms with E-state index in [1.54, 1.807) is 0 Å². The molecule has 1 saturated carbocycles. The first kappa shape index (κ1) is 9.90. The predicted octanol–water partition coefficient (Wildman–Crippen LogP) is 2.34. The molecule has 0 atom stereocenters. The van der Waals surface area contributed by atoms with E-state index in [1.807, 2.05) is 0 Å². The molecule has 0 aromatic carbocycles. The minimum Gasteiger partial charge on any atom is -0.383 e. The number of rotatable bonds is 3. The third kappa shape index (κ3) is 2.05. The first-order valence-electron chi connectivity index (χ1n) is 5.01. The van der Waals surface area contributed by atoms with Gasteiger partial charge in [-0.2, -0.15) is 0 Å². The highest BCUT2D eigenvalue weighted by atomic mass is 79.9. The number of halogens is 1. The first-order chi connectivity index (χ1) is 6.70. The average Bonchev–Trinajstić information content (AvgIpc) is 2.95. The lowest BCUT2D eigenvalue weighted by molar-refractivity contribution is 0.758. The number of hydrogen-bond donors (Lipinski definition) is 1. The van der Waals surface area contributed by atoms with Gasteiger partial charge in [0, 0.05) is 6.42 Å². The maximum atomic E-state index is 5.80. The van der Waals surface area contributed by atoms with Crippen molar-refractivity contribution in [2.24, 2.45) is 5.92 Å². The Morgan fingerprint density at radius 1 is 1.43 bits per heavy atom. The van der Waals surface area contributed by atoms with Crippen LogP contribution in [0.15, 0.2) is 4.47 Å². The molecule has 1 aliphatic carbocycles. The van der Waals surface area contributed by atoms with Crippen molar-refractivity contribution in [2.75, 3.05) is 5.73 Å². The summed E-state index contributed by atoms with van der Waals surface area (Å²) >= 11 is 3.41. The highest BCUT2D eigenvalue weighted by Crippen LogP contribution is 2.32. The summed E-state index contributed by atoms with van der Waals surface area (Å²) in [5.74, 6) is 2.29. The summed E-state index contributed by atoms with van der Waals surface area (Å²) in [7, 11) is 0. The van der Waals surface area contributed by atoms with Crippen molar-refractivity contribution in [2.45, 2.75) is 32.6 Å². The molecule has 2 rings (SSSR count). The molecule has 14 heavy (non-hydrogen) atoms. The zero-order chi connectivity index (χ0) is 10.1. The number of nitrogen functional groups attached to an aromatic ring is 1. The molecule has 4 heteroatoms. The van der Waals surface area contributed by atoms with Gasteiger partial charge in [0.25, 0.3) is 0 Å². The predicted molar refractivity (Wildman–Crippen MR) is 60.0 cm³/mol. The highest BCUT2D eigenvalue weighted by molar-refractivity contribution is 9.10. The minimum absolute atomic E-state index is 0.576. The van der Waals surface area contributed by atoms with E-state index in [-0.39, 0.29) is 0 Å². The Balaban J connectivity index is 2.27. The largest absolute Gasteiger partial charge is 0.383 e. The van der Waals surface area contributed by atoms with Gasteiger partial charge in [0.15, 0.2) is 0 Å². The second-order valence-electron chi connectivity index (χ2n) is 3.79. The highest BCUT2D eigenvalue weighted by Gasteiger charge is 2.23. The zero-order valence-corrected chi connectivity index (χ0v) is 9.84.